The Bertz CT molecular complexity index is 491. The van der Waals surface area contributed by atoms with Crippen LogP contribution in [-0.2, 0) is 4.79 Å². The van der Waals surface area contributed by atoms with Gasteiger partial charge in [0.2, 0.25) is 5.91 Å². The van der Waals surface area contributed by atoms with Gasteiger partial charge < -0.3 is 10.6 Å². The highest BCUT2D eigenvalue weighted by molar-refractivity contribution is 5.93. The number of carbonyl (C=O) groups is 1. The summed E-state index contributed by atoms with van der Waals surface area (Å²) in [5.41, 5.74) is 3.26. The molecule has 124 valence electrons. The monoisotopic (exact) mass is 325 g/mol. The average Bonchev–Trinajstić information content (AvgIpc) is 2.43. The Morgan fingerprint density at radius 2 is 2.14 bits per heavy atom. The molecule has 0 radical (unpaired) electrons. The first-order valence-corrected chi connectivity index (χ1v) is 7.82. The van der Waals surface area contributed by atoms with Gasteiger partial charge in [-0.25, -0.2) is 0 Å². The van der Waals surface area contributed by atoms with E-state index in [1.165, 1.54) is 18.4 Å². The molecule has 1 amide bonds. The van der Waals surface area contributed by atoms with Crippen LogP contribution < -0.4 is 10.6 Å². The van der Waals surface area contributed by atoms with Crippen molar-refractivity contribution < 1.29 is 4.79 Å². The first-order chi connectivity index (χ1) is 10.1. The summed E-state index contributed by atoms with van der Waals surface area (Å²) in [6, 6.07) is 6.12. The standard InChI is InChI=1S/C17H27N3O.ClH/c1-13-6-7-16(14(2)9-13)19-17(21)12-20-8-4-5-15(11-20)10-18-3;/h6-7,9,15,18H,4-5,8,10-12H2,1-3H3,(H,19,21);1H. The summed E-state index contributed by atoms with van der Waals surface area (Å²) >= 11 is 0. The van der Waals surface area contributed by atoms with Crippen molar-refractivity contribution in [3.63, 3.8) is 0 Å². The molecule has 2 N–H and O–H groups in total. The molecule has 1 heterocycles. The third-order valence-electron chi connectivity index (χ3n) is 4.12. The number of aryl methyl sites for hydroxylation is 2. The molecular formula is C17H28ClN3O. The molecule has 1 aliphatic heterocycles. The highest BCUT2D eigenvalue weighted by Gasteiger charge is 2.21. The number of amides is 1. The summed E-state index contributed by atoms with van der Waals surface area (Å²) in [6.45, 7) is 7.67. The Balaban J connectivity index is 0.00000242. The predicted octanol–water partition coefficient (Wildman–Crippen LogP) is 2.60. The maximum Gasteiger partial charge on any atom is 0.238 e. The van der Waals surface area contributed by atoms with Crippen molar-refractivity contribution in [1.82, 2.24) is 10.2 Å². The first-order valence-electron chi connectivity index (χ1n) is 7.82. The molecule has 1 aromatic carbocycles. The van der Waals surface area contributed by atoms with Crippen LogP contribution >= 0.6 is 12.4 Å². The van der Waals surface area contributed by atoms with Gasteiger partial charge in [0.25, 0.3) is 0 Å². The zero-order valence-electron chi connectivity index (χ0n) is 13.8. The van der Waals surface area contributed by atoms with Crippen molar-refractivity contribution in [1.29, 1.82) is 0 Å². The molecule has 0 aromatic heterocycles. The second-order valence-electron chi connectivity index (χ2n) is 6.17. The molecule has 5 heteroatoms. The molecule has 2 rings (SSSR count). The molecule has 1 fully saturated rings. The molecule has 1 atom stereocenters. The number of halogens is 1. The summed E-state index contributed by atoms with van der Waals surface area (Å²) in [5, 5.41) is 6.27. The van der Waals surface area contributed by atoms with Crippen molar-refractivity contribution in [2.45, 2.75) is 26.7 Å². The van der Waals surface area contributed by atoms with E-state index in [4.69, 9.17) is 0 Å². The SMILES string of the molecule is CNCC1CCCN(CC(=O)Nc2ccc(C)cc2C)C1.Cl. The molecule has 4 nitrogen and oxygen atoms in total. The fourth-order valence-corrected chi connectivity index (χ4v) is 3.10. The molecule has 0 spiro atoms. The Kier molecular flexibility index (Phi) is 7.87. The second-order valence-corrected chi connectivity index (χ2v) is 6.17. The third kappa shape index (κ3) is 5.59. The number of benzene rings is 1. The summed E-state index contributed by atoms with van der Waals surface area (Å²) in [6.07, 6.45) is 2.44. The first kappa shape index (κ1) is 18.9. The number of hydrogen-bond acceptors (Lipinski definition) is 3. The van der Waals surface area contributed by atoms with E-state index in [-0.39, 0.29) is 18.3 Å². The summed E-state index contributed by atoms with van der Waals surface area (Å²) in [4.78, 5) is 14.5. The van der Waals surface area contributed by atoms with E-state index in [1.54, 1.807) is 0 Å². The Morgan fingerprint density at radius 3 is 2.82 bits per heavy atom. The molecule has 0 saturated carbocycles. The lowest BCUT2D eigenvalue weighted by Gasteiger charge is -2.32. The topological polar surface area (TPSA) is 44.4 Å². The summed E-state index contributed by atoms with van der Waals surface area (Å²) < 4.78 is 0. The van der Waals surface area contributed by atoms with E-state index in [2.05, 4.69) is 28.5 Å². The molecule has 0 bridgehead atoms. The molecule has 22 heavy (non-hydrogen) atoms. The van der Waals surface area contributed by atoms with E-state index in [0.717, 1.165) is 30.9 Å². The van der Waals surface area contributed by atoms with Gasteiger partial charge in [-0.05, 0) is 64.4 Å². The largest absolute Gasteiger partial charge is 0.325 e. The van der Waals surface area contributed by atoms with Gasteiger partial charge in [0.05, 0.1) is 6.54 Å². The fraction of sp³-hybridized carbons (Fsp3) is 0.588. The van der Waals surface area contributed by atoms with Crippen LogP contribution in [-0.4, -0.2) is 44.0 Å². The molecule has 1 aromatic rings. The third-order valence-corrected chi connectivity index (χ3v) is 4.12. The Labute approximate surface area is 140 Å². The van der Waals surface area contributed by atoms with Gasteiger partial charge in [0, 0.05) is 12.2 Å². The lowest BCUT2D eigenvalue weighted by atomic mass is 9.98. The van der Waals surface area contributed by atoms with E-state index < -0.39 is 0 Å². The highest BCUT2D eigenvalue weighted by atomic mass is 35.5. The number of carbonyl (C=O) groups excluding carboxylic acids is 1. The fourth-order valence-electron chi connectivity index (χ4n) is 3.10. The maximum absolute atomic E-state index is 12.2. The van der Waals surface area contributed by atoms with Crippen LogP contribution in [0, 0.1) is 19.8 Å². The van der Waals surface area contributed by atoms with E-state index >= 15 is 0 Å². The molecular weight excluding hydrogens is 298 g/mol. The number of hydrogen-bond donors (Lipinski definition) is 2. The second kappa shape index (κ2) is 9.13. The number of anilines is 1. The molecule has 1 aliphatic rings. The number of piperidine rings is 1. The zero-order chi connectivity index (χ0) is 15.2. The normalized spacial score (nSPS) is 18.6. The van der Waals surface area contributed by atoms with Crippen molar-refractivity contribution in [3.05, 3.63) is 29.3 Å². The average molecular weight is 326 g/mol. The molecule has 0 aliphatic carbocycles. The lowest BCUT2D eigenvalue weighted by molar-refractivity contribution is -0.117. The van der Waals surface area contributed by atoms with E-state index in [0.29, 0.717) is 12.5 Å². The predicted molar refractivity (Wildman–Crippen MR) is 94.9 cm³/mol. The van der Waals surface area contributed by atoms with Crippen molar-refractivity contribution in [3.8, 4) is 0 Å². The van der Waals surface area contributed by atoms with Crippen LogP contribution in [0.4, 0.5) is 5.69 Å². The molecule has 1 saturated heterocycles. The number of likely N-dealkylation sites (tertiary alicyclic amines) is 1. The van der Waals surface area contributed by atoms with Gasteiger partial charge in [-0.3, -0.25) is 9.69 Å². The number of rotatable bonds is 5. The zero-order valence-corrected chi connectivity index (χ0v) is 14.6. The van der Waals surface area contributed by atoms with Crippen LogP contribution in [0.2, 0.25) is 0 Å². The summed E-state index contributed by atoms with van der Waals surface area (Å²) in [5.74, 6) is 0.754. The van der Waals surface area contributed by atoms with Crippen molar-refractivity contribution in [2.24, 2.45) is 5.92 Å². The van der Waals surface area contributed by atoms with Crippen LogP contribution in [0.25, 0.3) is 0 Å². The van der Waals surface area contributed by atoms with Crippen LogP contribution in [0.5, 0.6) is 0 Å². The quantitative estimate of drug-likeness (QED) is 0.874. The van der Waals surface area contributed by atoms with Gasteiger partial charge in [0.15, 0.2) is 0 Å². The minimum atomic E-state index is 0. The van der Waals surface area contributed by atoms with Gasteiger partial charge in [-0.1, -0.05) is 17.7 Å². The Hall–Kier alpha value is -1.10. The van der Waals surface area contributed by atoms with Crippen molar-refractivity contribution >= 4 is 24.0 Å². The van der Waals surface area contributed by atoms with Crippen molar-refractivity contribution in [2.75, 3.05) is 38.5 Å². The van der Waals surface area contributed by atoms with Gasteiger partial charge >= 0.3 is 0 Å². The minimum absolute atomic E-state index is 0. The van der Waals surface area contributed by atoms with Gasteiger partial charge in [-0.2, -0.15) is 0 Å². The highest BCUT2D eigenvalue weighted by Crippen LogP contribution is 2.18. The van der Waals surface area contributed by atoms with Crippen LogP contribution in [0.1, 0.15) is 24.0 Å². The van der Waals surface area contributed by atoms with Crippen LogP contribution in [0.15, 0.2) is 18.2 Å². The van der Waals surface area contributed by atoms with Crippen LogP contribution in [0.3, 0.4) is 0 Å². The van der Waals surface area contributed by atoms with E-state index in [1.807, 2.05) is 26.1 Å². The van der Waals surface area contributed by atoms with E-state index in [9.17, 15) is 4.79 Å². The lowest BCUT2D eigenvalue weighted by Crippen LogP contribution is -2.42. The Morgan fingerprint density at radius 1 is 1.36 bits per heavy atom. The minimum Gasteiger partial charge on any atom is -0.325 e. The smallest absolute Gasteiger partial charge is 0.238 e. The molecule has 1 unspecified atom stereocenters. The van der Waals surface area contributed by atoms with Gasteiger partial charge in [0.1, 0.15) is 0 Å². The summed E-state index contributed by atoms with van der Waals surface area (Å²) in [7, 11) is 1.99. The van der Waals surface area contributed by atoms with Gasteiger partial charge in [-0.15, -0.1) is 12.4 Å². The maximum atomic E-state index is 12.2. The number of nitrogens with zero attached hydrogens (tertiary/aromatic N) is 1. The number of nitrogens with one attached hydrogen (secondary N) is 2.